The molecular formula is C14H17F. The van der Waals surface area contributed by atoms with Crippen molar-refractivity contribution in [2.45, 2.75) is 26.2 Å². The molecule has 1 rings (SSSR count). The molecule has 0 atom stereocenters. The molecule has 0 unspecified atom stereocenters. The highest BCUT2D eigenvalue weighted by Crippen LogP contribution is 2.09. The van der Waals surface area contributed by atoms with Crippen LogP contribution in [0.25, 0.3) is 6.08 Å². The van der Waals surface area contributed by atoms with E-state index in [0.717, 1.165) is 24.8 Å². The molecule has 0 aliphatic carbocycles. The first-order valence-corrected chi connectivity index (χ1v) is 5.41. The first-order valence-electron chi connectivity index (χ1n) is 5.41. The highest BCUT2D eigenvalue weighted by Gasteiger charge is 1.89. The van der Waals surface area contributed by atoms with Gasteiger partial charge < -0.3 is 0 Å². The van der Waals surface area contributed by atoms with E-state index in [1.165, 1.54) is 0 Å². The molecule has 1 heteroatoms. The van der Waals surface area contributed by atoms with Crippen molar-refractivity contribution in [3.8, 4) is 0 Å². The number of hydrogen-bond donors (Lipinski definition) is 0. The molecule has 80 valence electrons. The normalized spacial score (nSPS) is 12.3. The molecule has 15 heavy (non-hydrogen) atoms. The number of hydrogen-bond acceptors (Lipinski definition) is 0. The monoisotopic (exact) mass is 204 g/mol. The van der Waals surface area contributed by atoms with Crippen LogP contribution in [0.2, 0.25) is 0 Å². The van der Waals surface area contributed by atoms with Crippen molar-refractivity contribution >= 4 is 6.08 Å². The third-order valence-corrected chi connectivity index (χ3v) is 2.11. The lowest BCUT2D eigenvalue weighted by atomic mass is 10.2. The van der Waals surface area contributed by atoms with Crippen molar-refractivity contribution in [1.82, 2.24) is 0 Å². The van der Waals surface area contributed by atoms with E-state index in [-0.39, 0.29) is 5.83 Å². The van der Waals surface area contributed by atoms with Gasteiger partial charge in [-0.3, -0.25) is 0 Å². The lowest BCUT2D eigenvalue weighted by molar-refractivity contribution is 0.672. The summed E-state index contributed by atoms with van der Waals surface area (Å²) in [6.07, 6.45) is 8.19. The van der Waals surface area contributed by atoms with Gasteiger partial charge in [-0.25, -0.2) is 4.39 Å². The van der Waals surface area contributed by atoms with E-state index in [1.807, 2.05) is 36.4 Å². The molecule has 0 radical (unpaired) electrons. The Morgan fingerprint density at radius 2 is 2.00 bits per heavy atom. The second-order valence-electron chi connectivity index (χ2n) is 3.48. The van der Waals surface area contributed by atoms with Gasteiger partial charge >= 0.3 is 0 Å². The topological polar surface area (TPSA) is 0 Å². The van der Waals surface area contributed by atoms with Crippen LogP contribution >= 0.6 is 0 Å². The zero-order valence-corrected chi connectivity index (χ0v) is 9.12. The van der Waals surface area contributed by atoms with Gasteiger partial charge in [0.05, 0.1) is 0 Å². The van der Waals surface area contributed by atoms with Crippen LogP contribution in [0, 0.1) is 0 Å². The molecule has 0 spiro atoms. The second kappa shape index (κ2) is 6.99. The molecule has 0 fully saturated rings. The smallest absolute Gasteiger partial charge is 0.123 e. The third-order valence-electron chi connectivity index (χ3n) is 2.11. The molecule has 0 N–H and O–H groups in total. The highest BCUT2D eigenvalue weighted by atomic mass is 19.1. The molecule has 1 aromatic rings. The summed E-state index contributed by atoms with van der Waals surface area (Å²) in [4.78, 5) is 0. The Hall–Kier alpha value is -1.37. The highest BCUT2D eigenvalue weighted by molar-refractivity contribution is 5.53. The van der Waals surface area contributed by atoms with Gasteiger partial charge in [-0.05, 0) is 24.1 Å². The molecular weight excluding hydrogens is 187 g/mol. The molecule has 0 nitrogen and oxygen atoms in total. The summed E-state index contributed by atoms with van der Waals surface area (Å²) in [5.74, 6) is -0.183. The summed E-state index contributed by atoms with van der Waals surface area (Å²) in [5, 5.41) is 0. The number of allylic oxidation sites excluding steroid dienone is 3. The zero-order valence-electron chi connectivity index (χ0n) is 9.12. The van der Waals surface area contributed by atoms with Gasteiger partial charge in [-0.15, -0.1) is 0 Å². The maximum atomic E-state index is 13.3. The van der Waals surface area contributed by atoms with E-state index >= 15 is 0 Å². The fourth-order valence-electron chi connectivity index (χ4n) is 1.27. The van der Waals surface area contributed by atoms with Crippen LogP contribution in [0.5, 0.6) is 0 Å². The van der Waals surface area contributed by atoms with Crippen LogP contribution in [0.3, 0.4) is 0 Å². The Kier molecular flexibility index (Phi) is 5.46. The molecule has 0 amide bonds. The van der Waals surface area contributed by atoms with Crippen LogP contribution in [-0.2, 0) is 0 Å². The Bertz CT molecular complexity index is 322. The Balaban J connectivity index is 2.49. The molecule has 0 aromatic heterocycles. The van der Waals surface area contributed by atoms with Crippen molar-refractivity contribution in [2.24, 2.45) is 0 Å². The summed E-state index contributed by atoms with van der Waals surface area (Å²) in [6.45, 7) is 2.13. The Morgan fingerprint density at radius 3 is 2.67 bits per heavy atom. The zero-order chi connectivity index (χ0) is 10.9. The third kappa shape index (κ3) is 5.16. The first kappa shape index (κ1) is 11.7. The molecule has 0 aliphatic rings. The Labute approximate surface area is 91.1 Å². The number of unbranched alkanes of at least 4 members (excludes halogenated alkanes) is 2. The molecule has 0 heterocycles. The molecule has 1 aromatic carbocycles. The van der Waals surface area contributed by atoms with Crippen molar-refractivity contribution in [1.29, 1.82) is 0 Å². The standard InChI is InChI=1S/C14H17F/c1-2-3-4-8-11-14(15)12-13-9-6-5-7-10-13/h5-12H,2-4H2,1H3/b11-8+,14-12-. The largest absolute Gasteiger partial charge is 0.207 e. The van der Waals surface area contributed by atoms with Gasteiger partial charge in [0, 0.05) is 0 Å². The van der Waals surface area contributed by atoms with Crippen LogP contribution in [0.15, 0.2) is 48.3 Å². The van der Waals surface area contributed by atoms with Gasteiger partial charge in [0.2, 0.25) is 0 Å². The summed E-state index contributed by atoms with van der Waals surface area (Å²) in [6, 6.07) is 9.51. The maximum absolute atomic E-state index is 13.3. The van der Waals surface area contributed by atoms with Gasteiger partial charge in [-0.2, -0.15) is 0 Å². The minimum atomic E-state index is -0.183. The quantitative estimate of drug-likeness (QED) is 0.480. The van der Waals surface area contributed by atoms with Crippen molar-refractivity contribution in [3.05, 3.63) is 53.9 Å². The van der Waals surface area contributed by atoms with E-state index in [4.69, 9.17) is 0 Å². The van der Waals surface area contributed by atoms with Crippen LogP contribution in [0.4, 0.5) is 4.39 Å². The van der Waals surface area contributed by atoms with Gasteiger partial charge in [0.15, 0.2) is 0 Å². The molecule has 0 aliphatic heterocycles. The molecule has 0 saturated heterocycles. The van der Waals surface area contributed by atoms with Crippen molar-refractivity contribution in [3.63, 3.8) is 0 Å². The summed E-state index contributed by atoms with van der Waals surface area (Å²) >= 11 is 0. The Morgan fingerprint density at radius 1 is 1.27 bits per heavy atom. The number of rotatable bonds is 5. The van der Waals surface area contributed by atoms with Crippen LogP contribution in [0.1, 0.15) is 31.7 Å². The lowest BCUT2D eigenvalue weighted by Crippen LogP contribution is -1.72. The summed E-state index contributed by atoms with van der Waals surface area (Å²) in [7, 11) is 0. The summed E-state index contributed by atoms with van der Waals surface area (Å²) in [5.41, 5.74) is 0.898. The second-order valence-corrected chi connectivity index (χ2v) is 3.48. The average Bonchev–Trinajstić information content (AvgIpc) is 2.26. The predicted molar refractivity (Wildman–Crippen MR) is 64.2 cm³/mol. The van der Waals surface area contributed by atoms with Crippen molar-refractivity contribution in [2.75, 3.05) is 0 Å². The van der Waals surface area contributed by atoms with E-state index in [9.17, 15) is 4.39 Å². The molecule has 0 bridgehead atoms. The number of halogens is 1. The minimum Gasteiger partial charge on any atom is -0.207 e. The van der Waals surface area contributed by atoms with Crippen LogP contribution < -0.4 is 0 Å². The van der Waals surface area contributed by atoms with E-state index < -0.39 is 0 Å². The number of benzene rings is 1. The fourth-order valence-corrected chi connectivity index (χ4v) is 1.27. The summed E-state index contributed by atoms with van der Waals surface area (Å²) < 4.78 is 13.3. The van der Waals surface area contributed by atoms with Crippen LogP contribution in [-0.4, -0.2) is 0 Å². The van der Waals surface area contributed by atoms with Gasteiger partial charge in [0.1, 0.15) is 5.83 Å². The lowest BCUT2D eigenvalue weighted by Gasteiger charge is -1.92. The van der Waals surface area contributed by atoms with E-state index in [1.54, 1.807) is 12.2 Å². The predicted octanol–water partition coefficient (Wildman–Crippen LogP) is 4.74. The van der Waals surface area contributed by atoms with Crippen molar-refractivity contribution < 1.29 is 4.39 Å². The SMILES string of the molecule is CCCC/C=C/C(F)=C/c1ccccc1. The average molecular weight is 204 g/mol. The first-order chi connectivity index (χ1) is 7.33. The van der Waals surface area contributed by atoms with Gasteiger partial charge in [0.25, 0.3) is 0 Å². The minimum absolute atomic E-state index is 0.183. The van der Waals surface area contributed by atoms with Gasteiger partial charge in [-0.1, -0.05) is 56.2 Å². The van der Waals surface area contributed by atoms with E-state index in [0.29, 0.717) is 0 Å². The fraction of sp³-hybridized carbons (Fsp3) is 0.286. The maximum Gasteiger partial charge on any atom is 0.123 e. The molecule has 0 saturated carbocycles. The van der Waals surface area contributed by atoms with E-state index in [2.05, 4.69) is 6.92 Å².